The van der Waals surface area contributed by atoms with E-state index in [1.54, 1.807) is 62.2 Å². The van der Waals surface area contributed by atoms with Crippen LogP contribution >= 0.6 is 11.6 Å². The predicted molar refractivity (Wildman–Crippen MR) is 139 cm³/mol. The van der Waals surface area contributed by atoms with Crippen LogP contribution < -0.4 is 15.0 Å². The van der Waals surface area contributed by atoms with Gasteiger partial charge in [-0.25, -0.2) is 4.79 Å². The molecule has 2 amide bonds. The number of carbonyl (C=O) groups excluding carboxylic acids is 2. The highest BCUT2D eigenvalue weighted by Gasteiger charge is 2.18. The molecule has 0 saturated heterocycles. The van der Waals surface area contributed by atoms with Crippen LogP contribution in [0.5, 0.6) is 5.75 Å². The monoisotopic (exact) mass is 495 g/mol. The molecule has 35 heavy (non-hydrogen) atoms. The van der Waals surface area contributed by atoms with Crippen LogP contribution in [-0.2, 0) is 11.2 Å². The Morgan fingerprint density at radius 3 is 2.49 bits per heavy atom. The van der Waals surface area contributed by atoms with Crippen LogP contribution in [0.3, 0.4) is 0 Å². The van der Waals surface area contributed by atoms with Crippen molar-refractivity contribution in [3.8, 4) is 5.75 Å². The van der Waals surface area contributed by atoms with Crippen LogP contribution in [0.4, 0.5) is 16.2 Å². The van der Waals surface area contributed by atoms with Crippen molar-refractivity contribution in [2.24, 2.45) is 0 Å². The summed E-state index contributed by atoms with van der Waals surface area (Å²) >= 11 is 6.28. The minimum atomic E-state index is -0.583. The molecular formula is C27H30ClN3O4. The van der Waals surface area contributed by atoms with E-state index in [0.29, 0.717) is 41.6 Å². The molecule has 3 aromatic rings. The molecule has 1 heterocycles. The third-order valence-corrected chi connectivity index (χ3v) is 5.05. The Hall–Kier alpha value is -3.58. The lowest BCUT2D eigenvalue weighted by Gasteiger charge is -2.21. The van der Waals surface area contributed by atoms with Gasteiger partial charge in [0.1, 0.15) is 11.4 Å². The van der Waals surface area contributed by atoms with Crippen LogP contribution in [0.2, 0.25) is 5.02 Å². The number of pyridine rings is 1. The summed E-state index contributed by atoms with van der Waals surface area (Å²) in [7, 11) is 0. The van der Waals surface area contributed by atoms with E-state index in [0.717, 1.165) is 11.4 Å². The van der Waals surface area contributed by atoms with E-state index in [2.05, 4.69) is 10.3 Å². The standard InChI is InChI=1S/C27H30ClN3O4/c1-5-31(23-9-7-6-8-10-23)25(32)19-15-20(28)17-24(16-19)34-14-12-21-18-22(11-13-29-21)30-26(33)35-27(2,3)4/h6-11,13,15-18H,5,12,14H2,1-4H3,(H,29,30,33). The van der Waals surface area contributed by atoms with Gasteiger partial charge in [-0.3, -0.25) is 15.1 Å². The number of nitrogens with zero attached hydrogens (tertiary/aromatic N) is 2. The zero-order valence-corrected chi connectivity index (χ0v) is 21.1. The maximum atomic E-state index is 13.1. The fourth-order valence-corrected chi connectivity index (χ4v) is 3.59. The van der Waals surface area contributed by atoms with E-state index in [-0.39, 0.29) is 5.91 Å². The van der Waals surface area contributed by atoms with E-state index in [1.165, 1.54) is 0 Å². The average Bonchev–Trinajstić information content (AvgIpc) is 2.79. The highest BCUT2D eigenvalue weighted by molar-refractivity contribution is 6.31. The summed E-state index contributed by atoms with van der Waals surface area (Å²) in [5.74, 6) is 0.335. The van der Waals surface area contributed by atoms with Crippen molar-refractivity contribution in [3.05, 3.63) is 83.1 Å². The molecule has 0 radical (unpaired) electrons. The van der Waals surface area contributed by atoms with Crippen LogP contribution in [-0.4, -0.2) is 35.7 Å². The molecule has 7 nitrogen and oxygen atoms in total. The molecule has 1 N–H and O–H groups in total. The van der Waals surface area contributed by atoms with Gasteiger partial charge in [0, 0.05) is 46.8 Å². The van der Waals surface area contributed by atoms with Gasteiger partial charge >= 0.3 is 6.09 Å². The second kappa shape index (κ2) is 11.7. The quantitative estimate of drug-likeness (QED) is 0.392. The first kappa shape index (κ1) is 26.0. The van der Waals surface area contributed by atoms with Crippen molar-refractivity contribution >= 4 is 35.0 Å². The van der Waals surface area contributed by atoms with Gasteiger partial charge in [-0.05, 0) is 70.2 Å². The van der Waals surface area contributed by atoms with E-state index in [9.17, 15) is 9.59 Å². The number of amides is 2. The number of rotatable bonds is 8. The smallest absolute Gasteiger partial charge is 0.412 e. The Kier molecular flexibility index (Phi) is 8.71. The molecule has 184 valence electrons. The summed E-state index contributed by atoms with van der Waals surface area (Å²) in [5, 5.41) is 3.12. The van der Waals surface area contributed by atoms with Gasteiger partial charge in [-0.15, -0.1) is 0 Å². The molecule has 0 aliphatic rings. The first-order chi connectivity index (χ1) is 16.6. The van der Waals surface area contributed by atoms with Gasteiger partial charge in [0.05, 0.1) is 6.61 Å². The van der Waals surface area contributed by atoms with E-state index in [1.807, 2.05) is 37.3 Å². The van der Waals surface area contributed by atoms with Crippen molar-refractivity contribution in [3.63, 3.8) is 0 Å². The lowest BCUT2D eigenvalue weighted by atomic mass is 10.1. The van der Waals surface area contributed by atoms with Crippen molar-refractivity contribution < 1.29 is 19.1 Å². The first-order valence-electron chi connectivity index (χ1n) is 11.4. The summed E-state index contributed by atoms with van der Waals surface area (Å²) in [6, 6.07) is 17.9. The molecule has 8 heteroatoms. The van der Waals surface area contributed by atoms with Crippen LogP contribution in [0.15, 0.2) is 66.9 Å². The van der Waals surface area contributed by atoms with Crippen LogP contribution in [0.1, 0.15) is 43.7 Å². The zero-order chi connectivity index (χ0) is 25.4. The highest BCUT2D eigenvalue weighted by Crippen LogP contribution is 2.24. The zero-order valence-electron chi connectivity index (χ0n) is 20.4. The summed E-state index contributed by atoms with van der Waals surface area (Å²) in [5.41, 5.74) is 1.99. The number of para-hydroxylation sites is 1. The lowest BCUT2D eigenvalue weighted by Crippen LogP contribution is -2.30. The second-order valence-corrected chi connectivity index (χ2v) is 9.26. The van der Waals surface area contributed by atoms with Crippen molar-refractivity contribution in [2.75, 3.05) is 23.4 Å². The Morgan fingerprint density at radius 1 is 1.06 bits per heavy atom. The maximum Gasteiger partial charge on any atom is 0.412 e. The summed E-state index contributed by atoms with van der Waals surface area (Å²) in [4.78, 5) is 31.1. The van der Waals surface area contributed by atoms with E-state index in [4.69, 9.17) is 21.1 Å². The van der Waals surface area contributed by atoms with Gasteiger partial charge < -0.3 is 14.4 Å². The van der Waals surface area contributed by atoms with E-state index < -0.39 is 11.7 Å². The van der Waals surface area contributed by atoms with Gasteiger partial charge in [0.2, 0.25) is 0 Å². The van der Waals surface area contributed by atoms with Crippen molar-refractivity contribution in [1.29, 1.82) is 0 Å². The minimum Gasteiger partial charge on any atom is -0.493 e. The number of hydrogen-bond acceptors (Lipinski definition) is 5. The molecule has 0 bridgehead atoms. The molecule has 0 spiro atoms. The Morgan fingerprint density at radius 2 is 1.80 bits per heavy atom. The highest BCUT2D eigenvalue weighted by atomic mass is 35.5. The minimum absolute atomic E-state index is 0.159. The van der Waals surface area contributed by atoms with Crippen molar-refractivity contribution in [2.45, 2.75) is 39.7 Å². The average molecular weight is 496 g/mol. The molecule has 2 aromatic carbocycles. The molecule has 3 rings (SSSR count). The Bertz CT molecular complexity index is 1160. The fourth-order valence-electron chi connectivity index (χ4n) is 3.36. The summed E-state index contributed by atoms with van der Waals surface area (Å²) in [6.45, 7) is 8.16. The molecule has 0 saturated carbocycles. The maximum absolute atomic E-state index is 13.1. The van der Waals surface area contributed by atoms with Crippen molar-refractivity contribution in [1.82, 2.24) is 4.98 Å². The van der Waals surface area contributed by atoms with Gasteiger partial charge in [0.25, 0.3) is 5.91 Å². The number of ether oxygens (including phenoxy) is 2. The largest absolute Gasteiger partial charge is 0.493 e. The summed E-state index contributed by atoms with van der Waals surface area (Å²) < 4.78 is 11.2. The van der Waals surface area contributed by atoms with Crippen LogP contribution in [0, 0.1) is 0 Å². The van der Waals surface area contributed by atoms with Gasteiger partial charge in [-0.2, -0.15) is 0 Å². The topological polar surface area (TPSA) is 80.8 Å². The number of halogens is 1. The molecular weight excluding hydrogens is 466 g/mol. The lowest BCUT2D eigenvalue weighted by molar-refractivity contribution is 0.0635. The number of nitrogens with one attached hydrogen (secondary N) is 1. The van der Waals surface area contributed by atoms with Crippen LogP contribution in [0.25, 0.3) is 0 Å². The number of benzene rings is 2. The fraction of sp³-hybridized carbons (Fsp3) is 0.296. The SMILES string of the molecule is CCN(C(=O)c1cc(Cl)cc(OCCc2cc(NC(=O)OC(C)(C)C)ccn2)c1)c1ccccc1. The first-order valence-corrected chi connectivity index (χ1v) is 11.8. The van der Waals surface area contributed by atoms with E-state index >= 15 is 0 Å². The number of aromatic nitrogens is 1. The van der Waals surface area contributed by atoms with Gasteiger partial charge in [-0.1, -0.05) is 29.8 Å². The number of carbonyl (C=O) groups is 2. The third-order valence-electron chi connectivity index (χ3n) is 4.84. The predicted octanol–water partition coefficient (Wildman–Crippen LogP) is 6.37. The molecule has 0 atom stereocenters. The molecule has 0 fully saturated rings. The summed E-state index contributed by atoms with van der Waals surface area (Å²) in [6.07, 6.45) is 1.57. The Balaban J connectivity index is 1.63. The second-order valence-electron chi connectivity index (χ2n) is 8.82. The normalized spacial score (nSPS) is 11.0. The Labute approximate surface area is 211 Å². The molecule has 0 aliphatic carbocycles. The molecule has 0 unspecified atom stereocenters. The number of hydrogen-bond donors (Lipinski definition) is 1. The van der Waals surface area contributed by atoms with Gasteiger partial charge in [0.15, 0.2) is 0 Å². The molecule has 1 aromatic heterocycles. The third kappa shape index (κ3) is 8.00. The molecule has 0 aliphatic heterocycles. The number of anilines is 2.